The Morgan fingerprint density at radius 3 is 0.746 bits per heavy atom. The highest BCUT2D eigenvalue weighted by Crippen LogP contribution is 2.41. The Morgan fingerprint density at radius 1 is 0.366 bits per heavy atom. The van der Waals surface area contributed by atoms with Gasteiger partial charge in [0.25, 0.3) is 0 Å². The predicted molar refractivity (Wildman–Crippen MR) is 205 cm³/mol. The monoisotopic (exact) mass is 1080 g/mol. The summed E-state index contributed by atoms with van der Waals surface area (Å²) in [7, 11) is -0.0697. The Balaban J connectivity index is 0.000000671. The van der Waals surface area contributed by atoms with Crippen LogP contribution in [0, 0.1) is 11.6 Å². The molecule has 0 aliphatic carbocycles. The molecule has 5 aromatic rings. The van der Waals surface area contributed by atoms with Crippen molar-refractivity contribution in [3.8, 4) is 0 Å². The van der Waals surface area contributed by atoms with E-state index >= 15 is 0 Å². The van der Waals surface area contributed by atoms with Crippen molar-refractivity contribution in [3.05, 3.63) is 153 Å². The largest absolute Gasteiger partial charge is 0.416 e. The van der Waals surface area contributed by atoms with E-state index in [0.717, 1.165) is 12.1 Å². The van der Waals surface area contributed by atoms with Crippen LogP contribution in [0.25, 0.3) is 0 Å². The molecule has 0 N–H and O–H groups in total. The van der Waals surface area contributed by atoms with Crippen molar-refractivity contribution in [2.45, 2.75) is 49.4 Å². The molecule has 5 aromatic carbocycles. The van der Waals surface area contributed by atoms with E-state index in [1.165, 1.54) is 6.07 Å². The summed E-state index contributed by atoms with van der Waals surface area (Å²) in [5.41, 5.74) is -30.2. The summed E-state index contributed by atoms with van der Waals surface area (Å²) in [6.07, 6.45) is -51.0. The lowest BCUT2D eigenvalue weighted by molar-refractivity contribution is -0.144. The Morgan fingerprint density at radius 2 is 0.577 bits per heavy atom. The molecule has 5 rings (SSSR count). The second-order valence-corrected chi connectivity index (χ2v) is 17.7. The quantitative estimate of drug-likeness (QED) is 0.0687. The van der Waals surface area contributed by atoms with E-state index in [9.17, 15) is 119 Å². The first kappa shape index (κ1) is 57.9. The molecule has 29 heteroatoms. The molecule has 0 heterocycles. The molecule has 71 heavy (non-hydrogen) atoms. The van der Waals surface area contributed by atoms with Crippen LogP contribution in [-0.2, 0) is 60.3 Å². The van der Waals surface area contributed by atoms with Gasteiger partial charge in [-0.2, -0.15) is 127 Å². The summed E-state index contributed by atoms with van der Waals surface area (Å²) in [6.45, 7) is 0. The van der Waals surface area contributed by atoms with E-state index in [1.807, 2.05) is 12.5 Å². The topological polar surface area (TPSA) is 17.1 Å². The molecule has 388 valence electrons. The first-order chi connectivity index (χ1) is 31.8. The minimum absolute atomic E-state index is 0.0207. The highest BCUT2D eigenvalue weighted by atomic mass is 32.2. The summed E-state index contributed by atoms with van der Waals surface area (Å²) in [4.78, 5) is 11.4. The fourth-order valence-corrected chi connectivity index (χ4v) is 7.81. The van der Waals surface area contributed by atoms with Crippen molar-refractivity contribution in [1.29, 1.82) is 0 Å². The number of hydrogen-bond donors (Lipinski definition) is 0. The number of alkyl halides is 24. The number of Topliss-reactive ketones (excluding diaryl/α,β-unsaturated/α-hetero) is 1. The highest BCUT2D eigenvalue weighted by Gasteiger charge is 2.47. The first-order valence-corrected chi connectivity index (χ1v) is 20.9. The van der Waals surface area contributed by atoms with Gasteiger partial charge in [0.15, 0.2) is 5.75 Å². The number of ketones is 1. The van der Waals surface area contributed by atoms with Gasteiger partial charge in [-0.1, -0.05) is 48.5 Å². The Bertz CT molecular complexity index is 2310. The van der Waals surface area contributed by atoms with E-state index < -0.39 is 206 Å². The van der Waals surface area contributed by atoms with Crippen LogP contribution in [0.3, 0.4) is 0 Å². The zero-order valence-corrected chi connectivity index (χ0v) is 35.4. The van der Waals surface area contributed by atoms with Crippen LogP contribution in [0.4, 0.5) is 114 Å². The van der Waals surface area contributed by atoms with Crippen molar-refractivity contribution < 1.29 is 119 Å². The van der Waals surface area contributed by atoms with Gasteiger partial charge in [-0.05, 0) is 47.3 Å². The van der Waals surface area contributed by atoms with Gasteiger partial charge in [-0.15, -0.1) is 0 Å². The highest BCUT2D eigenvalue weighted by molar-refractivity contribution is 7.96. The fourth-order valence-electron chi connectivity index (χ4n) is 7.13. The lowest BCUT2D eigenvalue weighted by Crippen LogP contribution is -2.75. The van der Waals surface area contributed by atoms with E-state index in [0.29, 0.717) is 5.75 Å². The van der Waals surface area contributed by atoms with Crippen molar-refractivity contribution >= 4 is 44.7 Å². The smallest absolute Gasteiger partial charge is 0.289 e. The van der Waals surface area contributed by atoms with E-state index in [4.69, 9.17) is 0 Å². The molecular weight excluding hydrogens is 1060 g/mol. The Kier molecular flexibility index (Phi) is 15.8. The van der Waals surface area contributed by atoms with Crippen LogP contribution >= 0.6 is 0 Å². The van der Waals surface area contributed by atoms with Gasteiger partial charge in [0.05, 0.1) is 62.6 Å². The molecule has 0 amide bonds. The van der Waals surface area contributed by atoms with Gasteiger partial charge < -0.3 is 0 Å². The third-order valence-electron chi connectivity index (χ3n) is 10.1. The maximum absolute atomic E-state index is 14.2. The van der Waals surface area contributed by atoms with Crippen LogP contribution in [-0.4, -0.2) is 30.2 Å². The molecule has 1 nitrogen and oxygen atoms in total. The lowest BCUT2D eigenvalue weighted by Gasteiger charge is -2.46. The van der Waals surface area contributed by atoms with Crippen LogP contribution in [0.1, 0.15) is 54.9 Å². The number of hydrogen-bond acceptors (Lipinski definition) is 1. The molecule has 0 spiro atoms. The van der Waals surface area contributed by atoms with Crippen molar-refractivity contribution in [1.82, 2.24) is 0 Å². The SMILES string of the molecule is C[S+](C)CC(=O)c1ccc(F)cc1F.FC(F)(F)c1cc([B-](c2cc(C(F)(F)F)cc(C(F)(F)F)c2)(c2cc(C(F)(F)F)cc(C(F)(F)F)c2)c2cc(C(F)(F)F)cc(C(F)(F)F)c2)cc(C(F)(F)F)c1. The summed E-state index contributed by atoms with van der Waals surface area (Å²) >= 11 is 0. The average Bonchev–Trinajstić information content (AvgIpc) is 3.18. The number of benzene rings is 5. The fraction of sp³-hybridized carbons (Fsp3) is 0.262. The molecule has 0 aliphatic rings. The molecule has 0 unspecified atom stereocenters. The summed E-state index contributed by atoms with van der Waals surface area (Å²) in [5.74, 6) is -1.40. The van der Waals surface area contributed by atoms with Crippen molar-refractivity contribution in [2.75, 3.05) is 18.3 Å². The molecule has 0 aromatic heterocycles. The summed E-state index contributed by atoms with van der Waals surface area (Å²) < 4.78 is 366. The number of rotatable bonds is 7. The van der Waals surface area contributed by atoms with Crippen LogP contribution in [0.5, 0.6) is 0 Å². The molecule has 0 saturated heterocycles. The standard InChI is InChI=1S/C32H12BF24.C10H11F2OS/c34-25(35,36)13-1-14(26(37,38)39)6-21(5-13)33(22-7-15(27(40,41)42)2-16(8-22)28(43,44)45,23-9-17(29(46,47)48)3-18(10-23)30(49,50)51)24-11-19(31(52,53)54)4-20(12-24)32(55,56)57;1-14(2)6-10(13)8-4-3-7(11)5-9(8)12/h1-12H;3-5H,6H2,1-2H3/q-1;+1. The van der Waals surface area contributed by atoms with Gasteiger partial charge in [-0.25, -0.2) is 8.78 Å². The third kappa shape index (κ3) is 13.7. The first-order valence-electron chi connectivity index (χ1n) is 18.6. The minimum Gasteiger partial charge on any atom is -0.289 e. The van der Waals surface area contributed by atoms with Gasteiger partial charge >= 0.3 is 49.4 Å². The third-order valence-corrected chi connectivity index (χ3v) is 10.9. The Labute approximate surface area is 383 Å². The molecular formula is C42H23BF26OS. The van der Waals surface area contributed by atoms with Crippen LogP contribution in [0.15, 0.2) is 91.0 Å². The van der Waals surface area contributed by atoms with Gasteiger partial charge in [0.2, 0.25) is 5.78 Å². The van der Waals surface area contributed by atoms with Gasteiger partial charge in [0, 0.05) is 6.07 Å². The zero-order valence-electron chi connectivity index (χ0n) is 34.6. The van der Waals surface area contributed by atoms with E-state index in [1.54, 1.807) is 0 Å². The van der Waals surface area contributed by atoms with Crippen LogP contribution in [0.2, 0.25) is 0 Å². The van der Waals surface area contributed by atoms with Crippen molar-refractivity contribution in [3.63, 3.8) is 0 Å². The summed E-state index contributed by atoms with van der Waals surface area (Å²) in [6, 6.07) is -5.79. The lowest BCUT2D eigenvalue weighted by atomic mass is 9.12. The normalized spacial score (nSPS) is 13.6. The zero-order chi connectivity index (χ0) is 54.6. The predicted octanol–water partition coefficient (Wildman–Crippen LogP) is 13.2. The molecule has 0 aliphatic heterocycles. The minimum atomic E-state index is -6.13. The van der Waals surface area contributed by atoms with Crippen LogP contribution < -0.4 is 21.9 Å². The second-order valence-electron chi connectivity index (χ2n) is 15.4. The molecule has 0 atom stereocenters. The number of carbonyl (C=O) groups excluding carboxylic acids is 1. The van der Waals surface area contributed by atoms with Gasteiger partial charge in [0.1, 0.15) is 17.8 Å². The molecule has 0 bridgehead atoms. The molecule has 0 saturated carbocycles. The van der Waals surface area contributed by atoms with E-state index in [2.05, 4.69) is 0 Å². The Hall–Kier alpha value is -5.64. The maximum atomic E-state index is 14.2. The summed E-state index contributed by atoms with van der Waals surface area (Å²) in [5, 5.41) is 0. The number of halogens is 26. The van der Waals surface area contributed by atoms with E-state index in [-0.39, 0.29) is 22.2 Å². The maximum Gasteiger partial charge on any atom is 0.416 e. The molecule has 0 fully saturated rings. The average molecular weight is 1080 g/mol. The van der Waals surface area contributed by atoms with Crippen molar-refractivity contribution in [2.24, 2.45) is 0 Å². The second kappa shape index (κ2) is 19.4. The van der Waals surface area contributed by atoms with Gasteiger partial charge in [-0.3, -0.25) is 4.79 Å². The molecule has 0 radical (unpaired) electrons. The number of carbonyl (C=O) groups is 1.